The zero-order valence-corrected chi connectivity index (χ0v) is 11.9. The number of Topliss-reactive ketones (excluding diaryl/α,β-unsaturated/α-hetero) is 1. The maximum atomic E-state index is 11.8. The molecule has 2 rings (SSSR count). The molecule has 19 heavy (non-hydrogen) atoms. The van der Waals surface area contributed by atoms with Gasteiger partial charge in [-0.25, -0.2) is 4.79 Å². The lowest BCUT2D eigenvalue weighted by molar-refractivity contribution is -0.167. The van der Waals surface area contributed by atoms with E-state index in [0.717, 1.165) is 30.6 Å². The first-order valence-electron chi connectivity index (χ1n) is 6.19. The van der Waals surface area contributed by atoms with E-state index in [1.54, 1.807) is 12.1 Å². The van der Waals surface area contributed by atoms with Gasteiger partial charge in [-0.05, 0) is 37.8 Å². The van der Waals surface area contributed by atoms with E-state index >= 15 is 0 Å². The Morgan fingerprint density at radius 3 is 2.58 bits per heavy atom. The van der Waals surface area contributed by atoms with Crippen molar-refractivity contribution in [2.75, 3.05) is 6.61 Å². The molecule has 0 unspecified atom stereocenters. The topological polar surface area (TPSA) is 63.6 Å². The number of hydrogen-bond donors (Lipinski definition) is 1. The van der Waals surface area contributed by atoms with Crippen molar-refractivity contribution in [3.8, 4) is 0 Å². The molecule has 104 valence electrons. The van der Waals surface area contributed by atoms with Crippen LogP contribution in [-0.2, 0) is 9.53 Å². The van der Waals surface area contributed by atoms with Crippen LogP contribution in [0, 0.1) is 0 Å². The minimum atomic E-state index is -1.41. The maximum absolute atomic E-state index is 11.8. The van der Waals surface area contributed by atoms with Gasteiger partial charge in [-0.3, -0.25) is 4.79 Å². The average molecular weight is 303 g/mol. The number of carbonyl (C=O) groups is 2. The lowest BCUT2D eigenvalue weighted by Gasteiger charge is -2.29. The Morgan fingerprint density at radius 1 is 1.32 bits per heavy atom. The Labute approximate surface area is 120 Å². The first-order chi connectivity index (χ1) is 9.01. The number of aliphatic hydroxyl groups is 1. The van der Waals surface area contributed by atoms with E-state index < -0.39 is 11.6 Å². The SMILES string of the molecule is O=C(COC(=O)C1(O)CCCCC1)c1ccc(Cl)s1. The second kappa shape index (κ2) is 6.03. The van der Waals surface area contributed by atoms with Crippen molar-refractivity contribution in [2.24, 2.45) is 0 Å². The monoisotopic (exact) mass is 302 g/mol. The highest BCUT2D eigenvalue weighted by molar-refractivity contribution is 7.18. The maximum Gasteiger partial charge on any atom is 0.338 e. The summed E-state index contributed by atoms with van der Waals surface area (Å²) in [5, 5.41) is 10.1. The van der Waals surface area contributed by atoms with E-state index in [4.69, 9.17) is 16.3 Å². The van der Waals surface area contributed by atoms with Gasteiger partial charge in [0.25, 0.3) is 0 Å². The number of rotatable bonds is 4. The van der Waals surface area contributed by atoms with E-state index in [1.165, 1.54) is 0 Å². The van der Waals surface area contributed by atoms with Gasteiger partial charge in [0.15, 0.2) is 12.2 Å². The first-order valence-corrected chi connectivity index (χ1v) is 7.39. The van der Waals surface area contributed by atoms with Crippen molar-refractivity contribution in [2.45, 2.75) is 37.7 Å². The predicted octanol–water partition coefficient (Wildman–Crippen LogP) is 2.82. The van der Waals surface area contributed by atoms with Crippen molar-refractivity contribution >= 4 is 34.7 Å². The lowest BCUT2D eigenvalue weighted by atomic mass is 9.85. The highest BCUT2D eigenvalue weighted by Crippen LogP contribution is 2.29. The molecule has 6 heteroatoms. The van der Waals surface area contributed by atoms with Crippen LogP contribution in [0.15, 0.2) is 12.1 Å². The second-order valence-corrected chi connectivity index (χ2v) is 6.41. The summed E-state index contributed by atoms with van der Waals surface area (Å²) in [6.07, 6.45) is 3.44. The highest BCUT2D eigenvalue weighted by Gasteiger charge is 2.38. The van der Waals surface area contributed by atoms with Gasteiger partial charge in [-0.15, -0.1) is 11.3 Å². The third-order valence-corrected chi connectivity index (χ3v) is 4.52. The van der Waals surface area contributed by atoms with E-state index in [2.05, 4.69) is 0 Å². The summed E-state index contributed by atoms with van der Waals surface area (Å²) in [4.78, 5) is 24.0. The van der Waals surface area contributed by atoms with Crippen LogP contribution < -0.4 is 0 Å². The fourth-order valence-corrected chi connectivity index (χ4v) is 3.11. The lowest BCUT2D eigenvalue weighted by Crippen LogP contribution is -2.42. The van der Waals surface area contributed by atoms with Crippen LogP contribution in [0.5, 0.6) is 0 Å². The van der Waals surface area contributed by atoms with Crippen LogP contribution in [-0.4, -0.2) is 29.1 Å². The zero-order chi connectivity index (χ0) is 13.9. The van der Waals surface area contributed by atoms with Gasteiger partial charge in [0.05, 0.1) is 9.21 Å². The average Bonchev–Trinajstić information content (AvgIpc) is 2.83. The largest absolute Gasteiger partial charge is 0.455 e. The Bertz CT molecular complexity index is 477. The smallest absolute Gasteiger partial charge is 0.338 e. The fourth-order valence-electron chi connectivity index (χ4n) is 2.14. The fraction of sp³-hybridized carbons (Fsp3) is 0.538. The van der Waals surface area contributed by atoms with Gasteiger partial charge in [0, 0.05) is 0 Å². The second-order valence-electron chi connectivity index (χ2n) is 4.70. The van der Waals surface area contributed by atoms with Crippen LogP contribution in [0.3, 0.4) is 0 Å². The van der Waals surface area contributed by atoms with Crippen molar-refractivity contribution in [1.29, 1.82) is 0 Å². The summed E-state index contributed by atoms with van der Waals surface area (Å²) in [7, 11) is 0. The zero-order valence-electron chi connectivity index (χ0n) is 10.4. The van der Waals surface area contributed by atoms with Gasteiger partial charge in [0.1, 0.15) is 0 Å². The van der Waals surface area contributed by atoms with Crippen molar-refractivity contribution in [1.82, 2.24) is 0 Å². The van der Waals surface area contributed by atoms with E-state index in [0.29, 0.717) is 22.1 Å². The van der Waals surface area contributed by atoms with E-state index in [9.17, 15) is 14.7 Å². The highest BCUT2D eigenvalue weighted by atomic mass is 35.5. The Kier molecular flexibility index (Phi) is 4.60. The summed E-state index contributed by atoms with van der Waals surface area (Å²) in [5.41, 5.74) is -1.41. The number of hydrogen-bond acceptors (Lipinski definition) is 5. The molecule has 1 aromatic rings. The molecular formula is C13H15ClO4S. The number of esters is 1. The molecule has 0 saturated heterocycles. The first kappa shape index (κ1) is 14.5. The summed E-state index contributed by atoms with van der Waals surface area (Å²) >= 11 is 6.87. The number of halogens is 1. The Morgan fingerprint density at radius 2 is 2.00 bits per heavy atom. The number of carbonyl (C=O) groups excluding carboxylic acids is 2. The molecule has 1 saturated carbocycles. The molecule has 1 heterocycles. The van der Waals surface area contributed by atoms with E-state index in [1.807, 2.05) is 0 Å². The van der Waals surface area contributed by atoms with Crippen molar-refractivity contribution in [3.63, 3.8) is 0 Å². The van der Waals surface area contributed by atoms with Crippen LogP contribution in [0.25, 0.3) is 0 Å². The summed E-state index contributed by atoms with van der Waals surface area (Å²) in [5.74, 6) is -0.993. The minimum absolute atomic E-state index is 0.301. The molecule has 0 radical (unpaired) electrons. The third kappa shape index (κ3) is 3.55. The van der Waals surface area contributed by atoms with Gasteiger partial charge in [-0.2, -0.15) is 0 Å². The normalized spacial score (nSPS) is 18.0. The number of ether oxygens (including phenoxy) is 1. The van der Waals surface area contributed by atoms with Crippen LogP contribution >= 0.6 is 22.9 Å². The minimum Gasteiger partial charge on any atom is -0.455 e. The van der Waals surface area contributed by atoms with Gasteiger partial charge < -0.3 is 9.84 Å². The standard InChI is InChI=1S/C13H15ClO4S/c14-11-5-4-10(19-11)9(15)8-18-12(16)13(17)6-2-1-3-7-13/h4-5,17H,1-3,6-8H2. The molecule has 0 spiro atoms. The third-order valence-electron chi connectivity index (χ3n) is 3.24. The summed E-state index contributed by atoms with van der Waals surface area (Å²) in [6, 6.07) is 3.22. The molecule has 1 fully saturated rings. The number of thiophene rings is 1. The molecule has 0 aromatic carbocycles. The van der Waals surface area contributed by atoms with Crippen molar-refractivity contribution in [3.05, 3.63) is 21.3 Å². The summed E-state index contributed by atoms with van der Waals surface area (Å²) < 4.78 is 5.45. The molecule has 0 amide bonds. The molecule has 1 aromatic heterocycles. The molecule has 0 aliphatic heterocycles. The quantitative estimate of drug-likeness (QED) is 0.686. The molecule has 1 aliphatic carbocycles. The molecular weight excluding hydrogens is 288 g/mol. The van der Waals surface area contributed by atoms with Gasteiger partial charge >= 0.3 is 5.97 Å². The Balaban J connectivity index is 1.88. The summed E-state index contributed by atoms with van der Waals surface area (Å²) in [6.45, 7) is -0.349. The molecule has 1 aliphatic rings. The van der Waals surface area contributed by atoms with Crippen molar-refractivity contribution < 1.29 is 19.4 Å². The molecule has 0 atom stereocenters. The number of ketones is 1. The Hall–Kier alpha value is -0.910. The van der Waals surface area contributed by atoms with Crippen LogP contribution in [0.1, 0.15) is 41.8 Å². The molecule has 1 N–H and O–H groups in total. The van der Waals surface area contributed by atoms with Crippen LogP contribution in [0.4, 0.5) is 0 Å². The van der Waals surface area contributed by atoms with E-state index in [-0.39, 0.29) is 12.4 Å². The predicted molar refractivity (Wildman–Crippen MR) is 72.7 cm³/mol. The molecule has 4 nitrogen and oxygen atoms in total. The molecule has 0 bridgehead atoms. The van der Waals surface area contributed by atoms with Gasteiger partial charge in [0.2, 0.25) is 5.78 Å². The van der Waals surface area contributed by atoms with Crippen LogP contribution in [0.2, 0.25) is 4.34 Å². The van der Waals surface area contributed by atoms with Gasteiger partial charge in [-0.1, -0.05) is 18.0 Å².